The van der Waals surface area contributed by atoms with Gasteiger partial charge in [-0.15, -0.1) is 0 Å². The van der Waals surface area contributed by atoms with Crippen LogP contribution >= 0.6 is 27.5 Å². The van der Waals surface area contributed by atoms with Gasteiger partial charge in [0.25, 0.3) is 0 Å². The number of hydrogen-bond donors (Lipinski definition) is 0. The minimum Gasteiger partial charge on any atom is -0.491 e. The van der Waals surface area contributed by atoms with Gasteiger partial charge in [0.2, 0.25) is 5.91 Å². The second kappa shape index (κ2) is 5.93. The molecule has 0 aliphatic carbocycles. The molecule has 1 fully saturated rings. The van der Waals surface area contributed by atoms with Gasteiger partial charge < -0.3 is 9.64 Å². The van der Waals surface area contributed by atoms with E-state index >= 15 is 0 Å². The number of ether oxygens (including phenoxy) is 1. The van der Waals surface area contributed by atoms with Gasteiger partial charge in [-0.3, -0.25) is 4.79 Å². The van der Waals surface area contributed by atoms with Crippen molar-refractivity contribution in [2.45, 2.75) is 24.6 Å². The van der Waals surface area contributed by atoms with Crippen molar-refractivity contribution in [1.82, 2.24) is 0 Å². The number of hydrogen-bond acceptors (Lipinski definition) is 2. The number of halogens is 2. The quantitative estimate of drug-likeness (QED) is 0.788. The molecule has 5 heteroatoms. The highest BCUT2D eigenvalue weighted by atomic mass is 79.9. The largest absolute Gasteiger partial charge is 0.491 e. The zero-order valence-electron chi connectivity index (χ0n) is 10.2. The Morgan fingerprint density at radius 1 is 1.56 bits per heavy atom. The van der Waals surface area contributed by atoms with Crippen LogP contribution in [0, 0.1) is 0 Å². The third-order valence-corrected chi connectivity index (χ3v) is 3.60. The first kappa shape index (κ1) is 13.7. The van der Waals surface area contributed by atoms with Crippen LogP contribution in [0.4, 0.5) is 5.69 Å². The van der Waals surface area contributed by atoms with Crippen LogP contribution in [0.2, 0.25) is 5.02 Å². The lowest BCUT2D eigenvalue weighted by atomic mass is 10.2. The summed E-state index contributed by atoms with van der Waals surface area (Å²) in [5.74, 6) is 0.816. The standard InChI is InChI=1S/C13H15BrClNO2/c1-2-5-18-12-4-3-10(15)7-11(12)16-8-9(14)6-13(16)17/h3-4,7,9H,2,5-6,8H2,1H3. The molecular formula is C13H15BrClNO2. The van der Waals surface area contributed by atoms with Gasteiger partial charge in [0.1, 0.15) is 5.75 Å². The average Bonchev–Trinajstić information content (AvgIpc) is 2.67. The number of benzene rings is 1. The molecule has 1 unspecified atom stereocenters. The fourth-order valence-electron chi connectivity index (χ4n) is 1.93. The molecule has 3 nitrogen and oxygen atoms in total. The number of carbonyl (C=O) groups is 1. The number of nitrogens with zero attached hydrogens (tertiary/aromatic N) is 1. The summed E-state index contributed by atoms with van der Waals surface area (Å²) < 4.78 is 5.67. The van der Waals surface area contributed by atoms with E-state index in [2.05, 4.69) is 15.9 Å². The lowest BCUT2D eigenvalue weighted by Gasteiger charge is -2.20. The van der Waals surface area contributed by atoms with Crippen molar-refractivity contribution in [3.05, 3.63) is 23.2 Å². The predicted octanol–water partition coefficient (Wildman–Crippen LogP) is 3.63. The van der Waals surface area contributed by atoms with Crippen molar-refractivity contribution in [3.8, 4) is 5.75 Å². The Bertz CT molecular complexity index is 453. The van der Waals surface area contributed by atoms with E-state index in [4.69, 9.17) is 16.3 Å². The van der Waals surface area contributed by atoms with E-state index in [-0.39, 0.29) is 10.7 Å². The average molecular weight is 333 g/mol. The maximum atomic E-state index is 11.9. The lowest BCUT2D eigenvalue weighted by Crippen LogP contribution is -2.25. The van der Waals surface area contributed by atoms with Crippen molar-refractivity contribution < 1.29 is 9.53 Å². The van der Waals surface area contributed by atoms with Crippen molar-refractivity contribution >= 4 is 39.1 Å². The smallest absolute Gasteiger partial charge is 0.228 e. The van der Waals surface area contributed by atoms with Crippen LogP contribution in [0.25, 0.3) is 0 Å². The summed E-state index contributed by atoms with van der Waals surface area (Å²) in [4.78, 5) is 13.8. The minimum absolute atomic E-state index is 0.0977. The van der Waals surface area contributed by atoms with Gasteiger partial charge in [-0.2, -0.15) is 0 Å². The van der Waals surface area contributed by atoms with E-state index in [0.717, 1.165) is 17.9 Å². The topological polar surface area (TPSA) is 29.5 Å². The second-order valence-electron chi connectivity index (χ2n) is 4.27. The van der Waals surface area contributed by atoms with Gasteiger partial charge >= 0.3 is 0 Å². The molecule has 0 bridgehead atoms. The first-order valence-corrected chi connectivity index (χ1v) is 7.28. The summed E-state index contributed by atoms with van der Waals surface area (Å²) in [6.45, 7) is 3.33. The maximum Gasteiger partial charge on any atom is 0.228 e. The zero-order chi connectivity index (χ0) is 13.1. The van der Waals surface area contributed by atoms with E-state index < -0.39 is 0 Å². The molecule has 18 heavy (non-hydrogen) atoms. The van der Waals surface area contributed by atoms with Gasteiger partial charge in [-0.05, 0) is 24.6 Å². The fourth-order valence-corrected chi connectivity index (χ4v) is 2.67. The van der Waals surface area contributed by atoms with Crippen LogP contribution in [0.1, 0.15) is 19.8 Å². The highest BCUT2D eigenvalue weighted by Gasteiger charge is 2.30. The van der Waals surface area contributed by atoms with Crippen molar-refractivity contribution in [3.63, 3.8) is 0 Å². The summed E-state index contributed by atoms with van der Waals surface area (Å²) in [5.41, 5.74) is 0.767. The lowest BCUT2D eigenvalue weighted by molar-refractivity contribution is -0.117. The Balaban J connectivity index is 2.29. The van der Waals surface area contributed by atoms with Crippen molar-refractivity contribution in [1.29, 1.82) is 0 Å². The molecule has 1 heterocycles. The Morgan fingerprint density at radius 2 is 2.33 bits per heavy atom. The molecule has 0 N–H and O–H groups in total. The summed E-state index contributed by atoms with van der Waals surface area (Å²) in [7, 11) is 0. The Morgan fingerprint density at radius 3 is 2.94 bits per heavy atom. The third-order valence-electron chi connectivity index (χ3n) is 2.75. The van der Waals surface area contributed by atoms with Crippen LogP contribution in [0.3, 0.4) is 0 Å². The normalized spacial score (nSPS) is 19.4. The monoisotopic (exact) mass is 331 g/mol. The van der Waals surface area contributed by atoms with E-state index in [1.54, 1.807) is 17.0 Å². The maximum absolute atomic E-state index is 11.9. The molecule has 0 aromatic heterocycles. The first-order valence-electron chi connectivity index (χ1n) is 5.98. The predicted molar refractivity (Wildman–Crippen MR) is 76.9 cm³/mol. The number of carbonyl (C=O) groups excluding carboxylic acids is 1. The molecule has 1 atom stereocenters. The molecule has 0 radical (unpaired) electrons. The molecule has 1 aliphatic rings. The van der Waals surface area contributed by atoms with Gasteiger partial charge in [-0.1, -0.05) is 34.5 Å². The number of alkyl halides is 1. The molecule has 1 saturated heterocycles. The number of anilines is 1. The van der Waals surface area contributed by atoms with E-state index in [1.807, 2.05) is 13.0 Å². The summed E-state index contributed by atoms with van der Waals surface area (Å²) in [5, 5.41) is 0.611. The fraction of sp³-hybridized carbons (Fsp3) is 0.462. The minimum atomic E-state index is 0.0977. The molecule has 1 aromatic carbocycles. The van der Waals surface area contributed by atoms with E-state index in [0.29, 0.717) is 24.6 Å². The van der Waals surface area contributed by atoms with Crippen LogP contribution < -0.4 is 9.64 Å². The molecule has 2 rings (SSSR count). The van der Waals surface area contributed by atoms with Gasteiger partial charge in [0.05, 0.1) is 12.3 Å². The van der Waals surface area contributed by atoms with E-state index in [1.165, 1.54) is 0 Å². The van der Waals surface area contributed by atoms with Crippen LogP contribution in [0.15, 0.2) is 18.2 Å². The summed E-state index contributed by atoms with van der Waals surface area (Å²) in [6, 6.07) is 5.39. The van der Waals surface area contributed by atoms with Crippen LogP contribution in [0.5, 0.6) is 5.75 Å². The molecule has 1 aromatic rings. The van der Waals surface area contributed by atoms with Crippen molar-refractivity contribution in [2.24, 2.45) is 0 Å². The molecular weight excluding hydrogens is 318 g/mol. The molecule has 1 aliphatic heterocycles. The second-order valence-corrected chi connectivity index (χ2v) is 6.00. The van der Waals surface area contributed by atoms with Gasteiger partial charge in [-0.25, -0.2) is 0 Å². The molecule has 0 spiro atoms. The Hall–Kier alpha value is -0.740. The molecule has 98 valence electrons. The highest BCUT2D eigenvalue weighted by Crippen LogP contribution is 2.35. The Kier molecular flexibility index (Phi) is 4.51. The van der Waals surface area contributed by atoms with Gasteiger partial charge in [0.15, 0.2) is 0 Å². The highest BCUT2D eigenvalue weighted by molar-refractivity contribution is 9.09. The molecule has 0 saturated carbocycles. The Labute approximate surface area is 120 Å². The van der Waals surface area contributed by atoms with Crippen LogP contribution in [-0.2, 0) is 4.79 Å². The van der Waals surface area contributed by atoms with E-state index in [9.17, 15) is 4.79 Å². The SMILES string of the molecule is CCCOc1ccc(Cl)cc1N1CC(Br)CC1=O. The molecule has 1 amide bonds. The number of amides is 1. The van der Waals surface area contributed by atoms with Crippen molar-refractivity contribution in [2.75, 3.05) is 18.1 Å². The third kappa shape index (κ3) is 2.98. The van der Waals surface area contributed by atoms with Crippen LogP contribution in [-0.4, -0.2) is 23.9 Å². The first-order chi connectivity index (χ1) is 8.61. The zero-order valence-corrected chi connectivity index (χ0v) is 12.5. The summed E-state index contributed by atoms with van der Waals surface area (Å²) in [6.07, 6.45) is 1.44. The number of rotatable bonds is 4. The summed E-state index contributed by atoms with van der Waals surface area (Å²) >= 11 is 9.48. The van der Waals surface area contributed by atoms with Gasteiger partial charge in [0, 0.05) is 22.8 Å².